The smallest absolute Gasteiger partial charge is 0.0551 e. The van der Waals surface area contributed by atoms with Crippen LogP contribution in [0.2, 0.25) is 0 Å². The lowest BCUT2D eigenvalue weighted by molar-refractivity contribution is 0.518. The number of hydrogen-bond donors (Lipinski definition) is 2. The molecule has 0 saturated heterocycles. The molecule has 1 aromatic heterocycles. The zero-order chi connectivity index (χ0) is 14.4. The van der Waals surface area contributed by atoms with Crippen molar-refractivity contribution in [3.63, 3.8) is 0 Å². The molecule has 106 valence electrons. The van der Waals surface area contributed by atoms with E-state index in [1.165, 1.54) is 5.56 Å². The first-order chi connectivity index (χ1) is 9.59. The summed E-state index contributed by atoms with van der Waals surface area (Å²) in [6.07, 6.45) is 5.83. The number of anilines is 2. The van der Waals surface area contributed by atoms with Crippen LogP contribution in [0.5, 0.6) is 0 Å². The number of rotatable bonds is 6. The van der Waals surface area contributed by atoms with Gasteiger partial charge in [-0.15, -0.1) is 0 Å². The Hall–Kier alpha value is -2.03. The number of benzene rings is 1. The van der Waals surface area contributed by atoms with E-state index in [-0.39, 0.29) is 5.54 Å². The van der Waals surface area contributed by atoms with Crippen LogP contribution >= 0.6 is 0 Å². The van der Waals surface area contributed by atoms with Crippen molar-refractivity contribution in [2.75, 3.05) is 17.7 Å². The monoisotopic (exact) mass is 269 g/mol. The minimum Gasteiger partial charge on any atom is -0.387 e. The third-order valence-electron chi connectivity index (χ3n) is 3.39. The average Bonchev–Trinajstić information content (AvgIpc) is 2.46. The summed E-state index contributed by atoms with van der Waals surface area (Å²) < 4.78 is 0. The molecule has 0 amide bonds. The first-order valence-corrected chi connectivity index (χ1v) is 7.04. The molecule has 0 aliphatic rings. The van der Waals surface area contributed by atoms with Gasteiger partial charge in [0.15, 0.2) is 0 Å². The molecule has 0 aliphatic carbocycles. The number of pyridine rings is 1. The van der Waals surface area contributed by atoms with Gasteiger partial charge in [0.25, 0.3) is 0 Å². The molecule has 2 N–H and O–H groups in total. The van der Waals surface area contributed by atoms with Crippen molar-refractivity contribution in [1.29, 1.82) is 0 Å². The summed E-state index contributed by atoms with van der Waals surface area (Å²) in [5.41, 5.74) is 3.48. The molecule has 0 bridgehead atoms. The summed E-state index contributed by atoms with van der Waals surface area (Å²) in [5.74, 6) is 0. The van der Waals surface area contributed by atoms with E-state index in [4.69, 9.17) is 0 Å². The molecule has 0 aliphatic heterocycles. The van der Waals surface area contributed by atoms with E-state index in [1.807, 2.05) is 19.4 Å². The second-order valence-corrected chi connectivity index (χ2v) is 5.71. The average molecular weight is 269 g/mol. The molecule has 0 atom stereocenters. The fourth-order valence-electron chi connectivity index (χ4n) is 2.20. The second kappa shape index (κ2) is 6.42. The molecular weight excluding hydrogens is 246 g/mol. The Labute approximate surface area is 121 Å². The number of hydrogen-bond acceptors (Lipinski definition) is 3. The number of nitrogens with one attached hydrogen (secondary N) is 2. The van der Waals surface area contributed by atoms with Crippen LogP contribution in [0.15, 0.2) is 48.8 Å². The maximum absolute atomic E-state index is 4.23. The van der Waals surface area contributed by atoms with Gasteiger partial charge in [-0.3, -0.25) is 4.98 Å². The van der Waals surface area contributed by atoms with Crippen LogP contribution in [-0.2, 0) is 6.42 Å². The highest BCUT2D eigenvalue weighted by atomic mass is 15.0. The molecule has 3 nitrogen and oxygen atoms in total. The van der Waals surface area contributed by atoms with Gasteiger partial charge in [-0.2, -0.15) is 0 Å². The first kappa shape index (κ1) is 14.4. The van der Waals surface area contributed by atoms with Gasteiger partial charge in [-0.1, -0.05) is 30.3 Å². The summed E-state index contributed by atoms with van der Waals surface area (Å²) in [6, 6.07) is 12.7. The maximum atomic E-state index is 4.23. The lowest BCUT2D eigenvalue weighted by atomic mass is 9.95. The van der Waals surface area contributed by atoms with Crippen molar-refractivity contribution in [3.05, 3.63) is 54.4 Å². The van der Waals surface area contributed by atoms with Gasteiger partial charge in [-0.05, 0) is 38.3 Å². The fourth-order valence-corrected chi connectivity index (χ4v) is 2.20. The van der Waals surface area contributed by atoms with Gasteiger partial charge in [0, 0.05) is 12.6 Å². The lowest BCUT2D eigenvalue weighted by Crippen LogP contribution is -2.31. The van der Waals surface area contributed by atoms with E-state index in [0.29, 0.717) is 0 Å². The molecule has 20 heavy (non-hydrogen) atoms. The van der Waals surface area contributed by atoms with Crippen LogP contribution in [0.25, 0.3) is 0 Å². The fraction of sp³-hybridized carbons (Fsp3) is 0.353. The second-order valence-electron chi connectivity index (χ2n) is 5.71. The Morgan fingerprint density at radius 1 is 1.05 bits per heavy atom. The number of aryl methyl sites for hydroxylation is 1. The first-order valence-electron chi connectivity index (χ1n) is 7.04. The maximum Gasteiger partial charge on any atom is 0.0551 e. The highest BCUT2D eigenvalue weighted by molar-refractivity contribution is 5.54. The summed E-state index contributed by atoms with van der Waals surface area (Å²) in [7, 11) is 1.90. The minimum absolute atomic E-state index is 0.0316. The summed E-state index contributed by atoms with van der Waals surface area (Å²) in [5, 5.41) is 6.67. The topological polar surface area (TPSA) is 37.0 Å². The van der Waals surface area contributed by atoms with Crippen LogP contribution < -0.4 is 10.6 Å². The van der Waals surface area contributed by atoms with Crippen LogP contribution in [-0.4, -0.2) is 17.6 Å². The lowest BCUT2D eigenvalue weighted by Gasteiger charge is -2.27. The molecule has 3 heteroatoms. The summed E-state index contributed by atoms with van der Waals surface area (Å²) in [6.45, 7) is 4.45. The molecule has 0 spiro atoms. The molecule has 2 aromatic rings. The number of nitrogens with zero attached hydrogens (tertiary/aromatic N) is 1. The molecule has 1 heterocycles. The largest absolute Gasteiger partial charge is 0.387 e. The molecule has 0 saturated carbocycles. The zero-order valence-electron chi connectivity index (χ0n) is 12.5. The van der Waals surface area contributed by atoms with E-state index in [2.05, 4.69) is 65.9 Å². The summed E-state index contributed by atoms with van der Waals surface area (Å²) in [4.78, 5) is 4.23. The molecule has 0 fully saturated rings. The minimum atomic E-state index is 0.0316. The van der Waals surface area contributed by atoms with Gasteiger partial charge < -0.3 is 10.6 Å². The number of aromatic nitrogens is 1. The SMILES string of the molecule is CNc1cncc(NC(C)(C)CCc2ccccc2)c1. The molecular formula is C17H23N3. The Morgan fingerprint density at radius 2 is 1.75 bits per heavy atom. The van der Waals surface area contributed by atoms with Crippen molar-refractivity contribution in [3.8, 4) is 0 Å². The van der Waals surface area contributed by atoms with E-state index in [9.17, 15) is 0 Å². The van der Waals surface area contributed by atoms with Crippen LogP contribution in [0.3, 0.4) is 0 Å². The van der Waals surface area contributed by atoms with Crippen LogP contribution in [0, 0.1) is 0 Å². The van der Waals surface area contributed by atoms with Gasteiger partial charge in [0.05, 0.1) is 23.8 Å². The molecule has 2 rings (SSSR count). The Kier molecular flexibility index (Phi) is 4.61. The molecule has 1 aromatic carbocycles. The van der Waals surface area contributed by atoms with Gasteiger partial charge in [0.2, 0.25) is 0 Å². The van der Waals surface area contributed by atoms with Gasteiger partial charge in [-0.25, -0.2) is 0 Å². The molecule has 0 unspecified atom stereocenters. The predicted molar refractivity (Wildman–Crippen MR) is 86.2 cm³/mol. The van der Waals surface area contributed by atoms with E-state index < -0.39 is 0 Å². The zero-order valence-corrected chi connectivity index (χ0v) is 12.5. The van der Waals surface area contributed by atoms with Crippen molar-refractivity contribution >= 4 is 11.4 Å². The van der Waals surface area contributed by atoms with Crippen molar-refractivity contribution in [1.82, 2.24) is 4.98 Å². The van der Waals surface area contributed by atoms with Crippen molar-refractivity contribution < 1.29 is 0 Å². The third-order valence-corrected chi connectivity index (χ3v) is 3.39. The standard InChI is InChI=1S/C17H23N3/c1-17(2,10-9-14-7-5-4-6-8-14)20-16-11-15(18-3)12-19-13-16/h4-8,11-13,18,20H,9-10H2,1-3H3. The Bertz CT molecular complexity index is 535. The van der Waals surface area contributed by atoms with Crippen molar-refractivity contribution in [2.45, 2.75) is 32.2 Å². The Morgan fingerprint density at radius 3 is 2.45 bits per heavy atom. The van der Waals surface area contributed by atoms with Crippen molar-refractivity contribution in [2.24, 2.45) is 0 Å². The summed E-state index contributed by atoms with van der Waals surface area (Å²) >= 11 is 0. The van der Waals surface area contributed by atoms with Crippen LogP contribution in [0.4, 0.5) is 11.4 Å². The molecule has 0 radical (unpaired) electrons. The highest BCUT2D eigenvalue weighted by Crippen LogP contribution is 2.21. The van der Waals surface area contributed by atoms with E-state index >= 15 is 0 Å². The highest BCUT2D eigenvalue weighted by Gasteiger charge is 2.17. The van der Waals surface area contributed by atoms with Gasteiger partial charge >= 0.3 is 0 Å². The normalized spacial score (nSPS) is 11.2. The predicted octanol–water partition coefficient (Wildman–Crippen LogP) is 3.95. The van der Waals surface area contributed by atoms with Crippen LogP contribution in [0.1, 0.15) is 25.8 Å². The Balaban J connectivity index is 1.96. The quantitative estimate of drug-likeness (QED) is 0.834. The van der Waals surface area contributed by atoms with E-state index in [1.54, 1.807) is 0 Å². The van der Waals surface area contributed by atoms with Gasteiger partial charge in [0.1, 0.15) is 0 Å². The third kappa shape index (κ3) is 4.26. The van der Waals surface area contributed by atoms with E-state index in [0.717, 1.165) is 24.2 Å².